The van der Waals surface area contributed by atoms with Gasteiger partial charge in [0.05, 0.1) is 11.6 Å². The number of nitrogens with zero attached hydrogens (tertiary/aromatic N) is 2. The zero-order chi connectivity index (χ0) is 26.7. The van der Waals surface area contributed by atoms with Crippen molar-refractivity contribution in [3.8, 4) is 5.75 Å². The van der Waals surface area contributed by atoms with E-state index in [1.807, 2.05) is 13.8 Å². The number of allylic oxidation sites excluding steroid dienone is 1. The maximum atomic E-state index is 13.7. The Morgan fingerprint density at radius 2 is 1.78 bits per heavy atom. The van der Waals surface area contributed by atoms with Crippen LogP contribution in [-0.4, -0.2) is 86.5 Å². The van der Waals surface area contributed by atoms with E-state index < -0.39 is 58.0 Å². The number of phenolic OH excluding ortho intramolecular Hbond substituents is 1. The van der Waals surface area contributed by atoms with Gasteiger partial charge in [0.1, 0.15) is 22.8 Å². The summed E-state index contributed by atoms with van der Waals surface area (Å²) in [6, 6.07) is 2.22. The van der Waals surface area contributed by atoms with Gasteiger partial charge < -0.3 is 26.2 Å². The number of ketones is 2. The highest BCUT2D eigenvalue weighted by atomic mass is 16.3. The lowest BCUT2D eigenvalue weighted by Crippen LogP contribution is -2.63. The van der Waals surface area contributed by atoms with Gasteiger partial charge in [-0.05, 0) is 63.1 Å². The molecule has 3 aliphatic carbocycles. The van der Waals surface area contributed by atoms with Crippen LogP contribution < -0.4 is 5.73 Å². The predicted octanol–water partition coefficient (Wildman–Crippen LogP) is 0.962. The predicted molar refractivity (Wildman–Crippen MR) is 130 cm³/mol. The summed E-state index contributed by atoms with van der Waals surface area (Å²) in [6.07, 6.45) is 0.367. The number of amides is 1. The molecule has 194 valence electrons. The number of likely N-dealkylation sites (N-methyl/N-ethyl adjacent to an activating group) is 1. The highest BCUT2D eigenvalue weighted by molar-refractivity contribution is 6.24. The largest absolute Gasteiger partial charge is 0.510 e. The van der Waals surface area contributed by atoms with Gasteiger partial charge in [-0.3, -0.25) is 24.2 Å². The van der Waals surface area contributed by atoms with Crippen molar-refractivity contribution >= 4 is 17.5 Å². The maximum absolute atomic E-state index is 13.7. The van der Waals surface area contributed by atoms with Crippen LogP contribution in [0.3, 0.4) is 0 Å². The molecule has 0 aromatic heterocycles. The van der Waals surface area contributed by atoms with Crippen LogP contribution in [0.15, 0.2) is 34.8 Å². The summed E-state index contributed by atoms with van der Waals surface area (Å²) in [7, 11) is 3.21. The van der Waals surface area contributed by atoms with Crippen molar-refractivity contribution in [2.75, 3.05) is 27.2 Å². The number of aliphatic hydroxyl groups excluding tert-OH is 2. The number of rotatable bonds is 6. The van der Waals surface area contributed by atoms with Crippen molar-refractivity contribution in [1.82, 2.24) is 9.80 Å². The molecule has 3 aliphatic rings. The SMILES string of the molecule is CCN(CC)Cc1ccc(O)c2c1C[C@H]1C[C@H]3C(N(C)C)C(O)=C(C(N)=O)C(=O)[C@@]3(O)C(O)=C1C2=O. The summed E-state index contributed by atoms with van der Waals surface area (Å²) in [6.45, 7) is 6.22. The third-order valence-electron chi connectivity index (χ3n) is 7.99. The van der Waals surface area contributed by atoms with Gasteiger partial charge in [-0.15, -0.1) is 0 Å². The highest BCUT2D eigenvalue weighted by Crippen LogP contribution is 2.52. The van der Waals surface area contributed by atoms with E-state index in [4.69, 9.17) is 5.73 Å². The molecule has 0 bridgehead atoms. The van der Waals surface area contributed by atoms with Crippen molar-refractivity contribution in [1.29, 1.82) is 0 Å². The number of nitrogens with two attached hydrogens (primary N) is 1. The number of carbonyl (C=O) groups is 3. The Hall–Kier alpha value is -3.21. The molecule has 1 aromatic rings. The summed E-state index contributed by atoms with van der Waals surface area (Å²) >= 11 is 0. The van der Waals surface area contributed by atoms with Gasteiger partial charge in [-0.1, -0.05) is 19.9 Å². The molecule has 4 atom stereocenters. The van der Waals surface area contributed by atoms with Crippen LogP contribution in [0, 0.1) is 11.8 Å². The smallest absolute Gasteiger partial charge is 0.255 e. The number of aliphatic hydroxyl groups is 3. The van der Waals surface area contributed by atoms with Gasteiger partial charge in [0.15, 0.2) is 11.4 Å². The molecule has 0 heterocycles. The van der Waals surface area contributed by atoms with E-state index in [0.717, 1.165) is 18.7 Å². The molecular formula is C26H33N3O7. The standard InChI is InChI=1S/C26H33N3O7/c1-5-29(6-2)11-12-7-8-16(30)18-14(12)9-13-10-15-20(28(3)4)22(32)19(25(27)35)24(34)26(15,36)23(33)17(13)21(18)31/h7-8,13,15,20,30,32-33,36H,5-6,9-11H2,1-4H3,(H2,27,35)/t13-,15-,20?,26-/m0/s1. The third-order valence-corrected chi connectivity index (χ3v) is 7.99. The molecule has 10 heteroatoms. The quantitative estimate of drug-likeness (QED) is 0.359. The molecule has 0 fully saturated rings. The molecule has 0 saturated heterocycles. The van der Waals surface area contributed by atoms with E-state index in [0.29, 0.717) is 18.5 Å². The van der Waals surface area contributed by atoms with Gasteiger partial charge in [-0.2, -0.15) is 0 Å². The van der Waals surface area contributed by atoms with E-state index in [1.165, 1.54) is 11.0 Å². The second-order valence-corrected chi connectivity index (χ2v) is 10.0. The molecule has 10 nitrogen and oxygen atoms in total. The number of Topliss-reactive ketones (excluding diaryl/α,β-unsaturated/α-hetero) is 2. The number of aromatic hydroxyl groups is 1. The Balaban J connectivity index is 1.91. The number of carbonyl (C=O) groups excluding carboxylic acids is 3. The summed E-state index contributed by atoms with van der Waals surface area (Å²) in [4.78, 5) is 42.8. The number of primary amides is 1. The Bertz CT molecular complexity index is 1210. The lowest BCUT2D eigenvalue weighted by atomic mass is 9.58. The van der Waals surface area contributed by atoms with Crippen LogP contribution in [0.4, 0.5) is 0 Å². The maximum Gasteiger partial charge on any atom is 0.255 e. The molecule has 1 aromatic carbocycles. The van der Waals surface area contributed by atoms with E-state index >= 15 is 0 Å². The lowest BCUT2D eigenvalue weighted by Gasteiger charge is -2.50. The summed E-state index contributed by atoms with van der Waals surface area (Å²) in [5.41, 5.74) is 3.35. The fraction of sp³-hybridized carbons (Fsp3) is 0.500. The fourth-order valence-corrected chi connectivity index (χ4v) is 6.15. The molecular weight excluding hydrogens is 466 g/mol. The number of hydrogen-bond acceptors (Lipinski definition) is 9. The van der Waals surface area contributed by atoms with Crippen molar-refractivity contribution < 1.29 is 34.8 Å². The number of phenols is 1. The van der Waals surface area contributed by atoms with Crippen molar-refractivity contribution in [2.45, 2.75) is 44.9 Å². The normalized spacial score (nSPS) is 27.9. The minimum atomic E-state index is -2.63. The average Bonchev–Trinajstić information content (AvgIpc) is 2.80. The topological polar surface area (TPSA) is 165 Å². The molecule has 1 amide bonds. The minimum absolute atomic E-state index is 0.0421. The Labute approximate surface area is 209 Å². The number of fused-ring (bicyclic) bond motifs is 3. The molecule has 4 rings (SSSR count). The Morgan fingerprint density at radius 1 is 1.14 bits per heavy atom. The monoisotopic (exact) mass is 499 g/mol. The Kier molecular flexibility index (Phi) is 6.48. The molecule has 1 unspecified atom stereocenters. The lowest BCUT2D eigenvalue weighted by molar-refractivity contribution is -0.148. The first kappa shape index (κ1) is 25.9. The van der Waals surface area contributed by atoms with Gasteiger partial charge in [-0.25, -0.2) is 0 Å². The van der Waals surface area contributed by atoms with Crippen LogP contribution in [0.5, 0.6) is 5.75 Å². The van der Waals surface area contributed by atoms with E-state index in [9.17, 15) is 34.8 Å². The van der Waals surface area contributed by atoms with E-state index in [1.54, 1.807) is 20.2 Å². The van der Waals surface area contributed by atoms with E-state index in [-0.39, 0.29) is 23.3 Å². The zero-order valence-corrected chi connectivity index (χ0v) is 20.9. The van der Waals surface area contributed by atoms with Gasteiger partial charge in [0, 0.05) is 18.0 Å². The average molecular weight is 500 g/mol. The molecule has 0 radical (unpaired) electrons. The first-order chi connectivity index (χ1) is 16.9. The number of benzene rings is 1. The van der Waals surface area contributed by atoms with Crippen LogP contribution >= 0.6 is 0 Å². The van der Waals surface area contributed by atoms with Crippen LogP contribution in [0.25, 0.3) is 0 Å². The zero-order valence-electron chi connectivity index (χ0n) is 20.9. The Morgan fingerprint density at radius 3 is 2.33 bits per heavy atom. The summed E-state index contributed by atoms with van der Waals surface area (Å²) in [5, 5.41) is 44.4. The first-order valence-electron chi connectivity index (χ1n) is 12.1. The van der Waals surface area contributed by atoms with Crippen molar-refractivity contribution in [3.63, 3.8) is 0 Å². The molecule has 6 N–H and O–H groups in total. The summed E-state index contributed by atoms with van der Waals surface area (Å²) in [5.74, 6) is -6.43. The second-order valence-electron chi connectivity index (χ2n) is 10.0. The highest BCUT2D eigenvalue weighted by Gasteiger charge is 2.63. The first-order valence-corrected chi connectivity index (χ1v) is 12.1. The van der Waals surface area contributed by atoms with Gasteiger partial charge in [0.2, 0.25) is 5.78 Å². The molecule has 0 saturated carbocycles. The van der Waals surface area contributed by atoms with Gasteiger partial charge in [0.25, 0.3) is 5.91 Å². The number of hydrogen-bond donors (Lipinski definition) is 5. The van der Waals surface area contributed by atoms with Crippen molar-refractivity contribution in [2.24, 2.45) is 17.6 Å². The van der Waals surface area contributed by atoms with E-state index in [2.05, 4.69) is 4.90 Å². The third kappa shape index (κ3) is 3.55. The minimum Gasteiger partial charge on any atom is -0.510 e. The van der Waals surface area contributed by atoms with Crippen LogP contribution in [0.2, 0.25) is 0 Å². The van der Waals surface area contributed by atoms with Gasteiger partial charge >= 0.3 is 0 Å². The molecule has 0 aliphatic heterocycles. The molecule has 36 heavy (non-hydrogen) atoms. The fourth-order valence-electron chi connectivity index (χ4n) is 6.15. The second kappa shape index (κ2) is 9.02. The molecule has 0 spiro atoms. The summed E-state index contributed by atoms with van der Waals surface area (Å²) < 4.78 is 0. The van der Waals surface area contributed by atoms with Crippen LogP contribution in [-0.2, 0) is 22.6 Å². The van der Waals surface area contributed by atoms with Crippen LogP contribution in [0.1, 0.15) is 41.8 Å². The van der Waals surface area contributed by atoms with Crippen molar-refractivity contribution in [3.05, 3.63) is 51.5 Å².